The van der Waals surface area contributed by atoms with Crippen molar-refractivity contribution in [2.24, 2.45) is 5.92 Å². The van der Waals surface area contributed by atoms with Crippen LogP contribution >= 0.6 is 0 Å². The summed E-state index contributed by atoms with van der Waals surface area (Å²) >= 11 is 0. The second kappa shape index (κ2) is 5.14. The quantitative estimate of drug-likeness (QED) is 0.485. The summed E-state index contributed by atoms with van der Waals surface area (Å²) in [5.74, 6) is -1.72. The van der Waals surface area contributed by atoms with Crippen LogP contribution in [0.3, 0.4) is 0 Å². The lowest BCUT2D eigenvalue weighted by molar-refractivity contribution is -0.0915. The number of alkyl halides is 3. The SMILES string of the molecule is C=C/C(F)=C(\C(=C/C)C(C)C)C(F)(F)F. The third-order valence-corrected chi connectivity index (χ3v) is 1.92. The van der Waals surface area contributed by atoms with Gasteiger partial charge in [-0.25, -0.2) is 4.39 Å². The van der Waals surface area contributed by atoms with Crippen molar-refractivity contribution in [3.8, 4) is 0 Å². The molecular weight excluding hydrogens is 208 g/mol. The van der Waals surface area contributed by atoms with Gasteiger partial charge in [0.15, 0.2) is 0 Å². The van der Waals surface area contributed by atoms with E-state index < -0.39 is 23.5 Å². The third kappa shape index (κ3) is 3.53. The lowest BCUT2D eigenvalue weighted by Gasteiger charge is -2.18. The number of allylic oxidation sites excluding steroid dienone is 5. The van der Waals surface area contributed by atoms with E-state index in [9.17, 15) is 17.6 Å². The molecule has 0 amide bonds. The fraction of sp³-hybridized carbons (Fsp3) is 0.455. The second-order valence-electron chi connectivity index (χ2n) is 3.32. The summed E-state index contributed by atoms with van der Waals surface area (Å²) in [6.07, 6.45) is -2.84. The van der Waals surface area contributed by atoms with Crippen LogP contribution in [0.1, 0.15) is 20.8 Å². The Balaban J connectivity index is 5.62. The standard InChI is InChI=1S/C11H14F4/c1-5-8(7(3)4)10(9(12)6-2)11(13,14)15/h5-7H,2H2,1,3-4H3/b8-5-,10-9-. The van der Waals surface area contributed by atoms with E-state index in [4.69, 9.17) is 0 Å². The van der Waals surface area contributed by atoms with Crippen LogP contribution in [0.4, 0.5) is 17.6 Å². The molecule has 0 nitrogen and oxygen atoms in total. The molecule has 0 rings (SSSR count). The van der Waals surface area contributed by atoms with E-state index in [-0.39, 0.29) is 5.57 Å². The highest BCUT2D eigenvalue weighted by molar-refractivity contribution is 5.40. The Bertz CT molecular complexity index is 292. The molecule has 0 aliphatic heterocycles. The lowest BCUT2D eigenvalue weighted by atomic mass is 9.93. The topological polar surface area (TPSA) is 0 Å². The minimum Gasteiger partial charge on any atom is -0.206 e. The first-order chi connectivity index (χ1) is 6.75. The maximum Gasteiger partial charge on any atom is 0.419 e. The zero-order valence-electron chi connectivity index (χ0n) is 8.95. The van der Waals surface area contributed by atoms with Crippen molar-refractivity contribution in [2.75, 3.05) is 0 Å². The minimum atomic E-state index is -4.69. The molecule has 0 unspecified atom stereocenters. The van der Waals surface area contributed by atoms with Crippen molar-refractivity contribution in [1.29, 1.82) is 0 Å². The molecule has 4 heteroatoms. The first-order valence-corrected chi connectivity index (χ1v) is 4.51. The highest BCUT2D eigenvalue weighted by Crippen LogP contribution is 2.37. The Kier molecular flexibility index (Phi) is 4.78. The number of hydrogen-bond acceptors (Lipinski definition) is 0. The Morgan fingerprint density at radius 3 is 1.93 bits per heavy atom. The highest BCUT2D eigenvalue weighted by atomic mass is 19.4. The first kappa shape index (κ1) is 13.9. The molecular formula is C11H14F4. The molecule has 15 heavy (non-hydrogen) atoms. The van der Waals surface area contributed by atoms with Gasteiger partial charge in [-0.3, -0.25) is 0 Å². The van der Waals surface area contributed by atoms with Crippen LogP contribution in [-0.4, -0.2) is 6.18 Å². The monoisotopic (exact) mass is 222 g/mol. The summed E-state index contributed by atoms with van der Waals surface area (Å²) in [4.78, 5) is 0. The average molecular weight is 222 g/mol. The van der Waals surface area contributed by atoms with Gasteiger partial charge >= 0.3 is 6.18 Å². The smallest absolute Gasteiger partial charge is 0.206 e. The molecule has 0 atom stereocenters. The van der Waals surface area contributed by atoms with E-state index in [1.54, 1.807) is 13.8 Å². The van der Waals surface area contributed by atoms with E-state index in [0.717, 1.165) is 0 Å². The van der Waals surface area contributed by atoms with Crippen LogP contribution in [0.2, 0.25) is 0 Å². The fourth-order valence-electron chi connectivity index (χ4n) is 1.31. The first-order valence-electron chi connectivity index (χ1n) is 4.51. The zero-order valence-corrected chi connectivity index (χ0v) is 8.95. The molecule has 0 saturated carbocycles. The van der Waals surface area contributed by atoms with Crippen molar-refractivity contribution < 1.29 is 17.6 Å². The molecule has 0 aliphatic rings. The molecule has 0 heterocycles. The molecule has 0 bridgehead atoms. The van der Waals surface area contributed by atoms with Crippen molar-refractivity contribution in [1.82, 2.24) is 0 Å². The van der Waals surface area contributed by atoms with Crippen LogP contribution in [-0.2, 0) is 0 Å². The van der Waals surface area contributed by atoms with Gasteiger partial charge < -0.3 is 0 Å². The van der Waals surface area contributed by atoms with Crippen molar-refractivity contribution in [3.63, 3.8) is 0 Å². The summed E-state index contributed by atoms with van der Waals surface area (Å²) in [5, 5.41) is 0. The predicted molar refractivity (Wildman–Crippen MR) is 53.0 cm³/mol. The highest BCUT2D eigenvalue weighted by Gasteiger charge is 2.39. The molecule has 0 aromatic carbocycles. The Labute approximate surface area is 87.0 Å². The summed E-state index contributed by atoms with van der Waals surface area (Å²) in [6.45, 7) is 7.63. The zero-order chi connectivity index (χ0) is 12.2. The summed E-state index contributed by atoms with van der Waals surface area (Å²) in [6, 6.07) is 0. The molecule has 0 radical (unpaired) electrons. The van der Waals surface area contributed by atoms with Crippen LogP contribution < -0.4 is 0 Å². The van der Waals surface area contributed by atoms with E-state index in [2.05, 4.69) is 6.58 Å². The Morgan fingerprint density at radius 1 is 1.27 bits per heavy atom. The molecule has 0 aromatic heterocycles. The molecule has 0 saturated heterocycles. The van der Waals surface area contributed by atoms with Gasteiger partial charge in [-0.1, -0.05) is 26.5 Å². The Hall–Kier alpha value is -1.06. The van der Waals surface area contributed by atoms with Gasteiger partial charge in [0.05, 0.1) is 5.57 Å². The molecule has 0 fully saturated rings. The van der Waals surface area contributed by atoms with E-state index >= 15 is 0 Å². The van der Waals surface area contributed by atoms with Crippen LogP contribution in [0.5, 0.6) is 0 Å². The summed E-state index contributed by atoms with van der Waals surface area (Å²) in [5.41, 5.74) is -1.28. The van der Waals surface area contributed by atoms with Gasteiger partial charge in [0, 0.05) is 0 Å². The summed E-state index contributed by atoms with van der Waals surface area (Å²) in [7, 11) is 0. The third-order valence-electron chi connectivity index (χ3n) is 1.92. The maximum atomic E-state index is 13.1. The van der Waals surface area contributed by atoms with Gasteiger partial charge in [0.25, 0.3) is 0 Å². The van der Waals surface area contributed by atoms with Crippen LogP contribution in [0.25, 0.3) is 0 Å². The van der Waals surface area contributed by atoms with E-state index in [1.807, 2.05) is 0 Å². The minimum absolute atomic E-state index is 0.0556. The van der Waals surface area contributed by atoms with Gasteiger partial charge in [-0.15, -0.1) is 0 Å². The van der Waals surface area contributed by atoms with Crippen LogP contribution in [0.15, 0.2) is 35.7 Å². The van der Waals surface area contributed by atoms with Gasteiger partial charge in [-0.05, 0) is 24.5 Å². The van der Waals surface area contributed by atoms with E-state index in [0.29, 0.717) is 6.08 Å². The molecule has 86 valence electrons. The average Bonchev–Trinajstić information content (AvgIpc) is 2.10. The van der Waals surface area contributed by atoms with Crippen LogP contribution in [0, 0.1) is 5.92 Å². The molecule has 0 aromatic rings. The van der Waals surface area contributed by atoms with Gasteiger partial charge in [-0.2, -0.15) is 13.2 Å². The molecule has 0 aliphatic carbocycles. The summed E-state index contributed by atoms with van der Waals surface area (Å²) < 4.78 is 50.8. The lowest BCUT2D eigenvalue weighted by Crippen LogP contribution is -2.17. The molecule has 0 N–H and O–H groups in total. The van der Waals surface area contributed by atoms with Gasteiger partial charge in [0.2, 0.25) is 0 Å². The predicted octanol–water partition coefficient (Wildman–Crippen LogP) is 4.56. The fourth-order valence-corrected chi connectivity index (χ4v) is 1.31. The Morgan fingerprint density at radius 2 is 1.73 bits per heavy atom. The van der Waals surface area contributed by atoms with Crippen molar-refractivity contribution >= 4 is 0 Å². The largest absolute Gasteiger partial charge is 0.419 e. The van der Waals surface area contributed by atoms with Crippen molar-refractivity contribution in [2.45, 2.75) is 26.9 Å². The normalized spacial score (nSPS) is 15.3. The number of rotatable bonds is 3. The number of halogens is 4. The number of hydrogen-bond donors (Lipinski definition) is 0. The second-order valence-corrected chi connectivity index (χ2v) is 3.32. The van der Waals surface area contributed by atoms with Gasteiger partial charge in [0.1, 0.15) is 5.83 Å². The van der Waals surface area contributed by atoms with Crippen molar-refractivity contribution in [3.05, 3.63) is 35.7 Å². The molecule has 0 spiro atoms. The van der Waals surface area contributed by atoms with E-state index in [1.165, 1.54) is 13.0 Å². The maximum absolute atomic E-state index is 13.1.